The Morgan fingerprint density at radius 2 is 0.692 bits per heavy atom. The minimum atomic E-state index is -3.57. The number of pyridine rings is 7. The van der Waals surface area contributed by atoms with E-state index >= 15 is 0 Å². The van der Waals surface area contributed by atoms with Crippen LogP contribution < -0.4 is 37.3 Å². The summed E-state index contributed by atoms with van der Waals surface area (Å²) in [5.41, 5.74) is 13.7. The maximum Gasteiger partial charge on any atom is 0.250 e. The molecule has 30 nitrogen and oxygen atoms in total. The van der Waals surface area contributed by atoms with E-state index in [1.807, 2.05) is 134 Å². The Kier molecular flexibility index (Phi) is 34.7. The van der Waals surface area contributed by atoms with Gasteiger partial charge in [-0.1, -0.05) is 111 Å². The van der Waals surface area contributed by atoms with Crippen LogP contribution in [0.2, 0.25) is 5.02 Å². The maximum atomic E-state index is 14.8. The Morgan fingerprint density at radius 3 is 1.04 bits per heavy atom. The first-order valence-corrected chi connectivity index (χ1v) is 54.1. The molecule has 35 heteroatoms. The third-order valence-corrected chi connectivity index (χ3v) is 33.0. The van der Waals surface area contributed by atoms with E-state index in [0.29, 0.717) is 103 Å². The lowest BCUT2D eigenvalue weighted by atomic mass is 10.1. The number of rotatable bonds is 34. The van der Waals surface area contributed by atoms with Gasteiger partial charge in [-0.05, 0) is 207 Å². The number of aryl methyl sites for hydroxylation is 7. The molecular weight excluding hydrogens is 1890 g/mol. The smallest absolute Gasteiger partial charge is 0.250 e. The molecule has 0 spiro atoms. The quantitative estimate of drug-likeness (QED) is 0.0361. The van der Waals surface area contributed by atoms with Crippen molar-refractivity contribution < 1.29 is 39.1 Å². The molecule has 0 saturated heterocycles. The summed E-state index contributed by atoms with van der Waals surface area (Å²) in [7, 11) is -10.1. The van der Waals surface area contributed by atoms with E-state index in [9.17, 15) is 53.6 Å². The van der Waals surface area contributed by atoms with Crippen LogP contribution in [0.1, 0.15) is 184 Å². The lowest BCUT2D eigenvalue weighted by Gasteiger charge is -2.17. The molecule has 752 valence electrons. The summed E-state index contributed by atoms with van der Waals surface area (Å²) in [6.45, 7) is 29.5. The fraction of sp³-hybridized carbons (Fsp3) is 0.370. The van der Waals surface area contributed by atoms with Crippen LogP contribution in [0, 0.1) is 31.5 Å². The third-order valence-electron chi connectivity index (χ3n) is 25.7. The second-order valence-corrected chi connectivity index (χ2v) is 43.8. The van der Waals surface area contributed by atoms with Crippen molar-refractivity contribution in [1.82, 2.24) is 81.7 Å². The number of aromatic nitrogens is 17. The molecule has 3 aliphatic rings. The number of benzene rings is 3. The van der Waals surface area contributed by atoms with Gasteiger partial charge in [0.25, 0.3) is 27.8 Å². The van der Waals surface area contributed by atoms with E-state index in [-0.39, 0.29) is 65.9 Å². The highest BCUT2D eigenvalue weighted by atomic mass is 35.5. The number of halogens is 2. The standard InChI is InChI=1S/C22H24ClN3O3S.C22H26FN3O3S.C22H26N4O2.C22H28N4O2.C20H21N3O3S/c1-2-11-25-15-17(7-10-22(25)27)26-14-16(13-24-26)20-9-8-19(12-21(20)23)30(28,29)18-5-3-4-6-18;1-4-11-25-15-17(7-10-22(25)27)26-14-16(13-24-26)20-9-8-19(12-21(20)23)30(28,29)18(5-2)6-3;1-4-11-25-14-19(7-10-22(25)27)26-13-18(12-23-26)20-8-9-21(24-15(20)2)28-16(3)17-5-6-17;1-6-11-25-14-19(7-10-22(25)27)26-13-18(12-23-26)20-8-9-21(24-16(20)4)28-17(5)15(2)3;1-2-11-22-14-17(5-10-20(22)24)23-13-16(12-21-23)15-3-6-18(7-4-15)27(25,26)19-8-9-19/h7-10,12-15,18H,2-6,11H2,1H3;7-10,12-15,18H,4-6,11H2,1-3H3;7-10,12-14,16-17H,4-6,11H2,1-3H3;7-10,12-15,17H,6,11H2,1-5H3;3-7,10,12-14,19H,2,8-9,11H2,1H3/t;;16-;17-;/m..01./s1. The fourth-order valence-corrected chi connectivity index (χ4v) is 22.6. The Hall–Kier alpha value is -13.6. The summed E-state index contributed by atoms with van der Waals surface area (Å²) in [4.78, 5) is 69.5. The summed E-state index contributed by atoms with van der Waals surface area (Å²) in [5.74, 6) is 1.81. The monoisotopic (exact) mass is 2020 g/mol. The van der Waals surface area contributed by atoms with Gasteiger partial charge in [-0.3, -0.25) is 24.0 Å². The van der Waals surface area contributed by atoms with Crippen molar-refractivity contribution in [2.75, 3.05) is 0 Å². The fourth-order valence-electron chi connectivity index (χ4n) is 16.9. The maximum absolute atomic E-state index is 14.8. The van der Waals surface area contributed by atoms with Crippen LogP contribution in [-0.4, -0.2) is 135 Å². The van der Waals surface area contributed by atoms with Crippen molar-refractivity contribution in [2.45, 2.75) is 262 Å². The average Bonchev–Trinajstić information content (AvgIpc) is 1.68. The second kappa shape index (κ2) is 47.1. The van der Waals surface area contributed by atoms with Crippen molar-refractivity contribution in [3.8, 4) is 95.8 Å². The lowest BCUT2D eigenvalue weighted by Crippen LogP contribution is -2.19. The van der Waals surface area contributed by atoms with Gasteiger partial charge >= 0.3 is 0 Å². The van der Waals surface area contributed by atoms with Gasteiger partial charge in [0.1, 0.15) is 11.9 Å². The van der Waals surface area contributed by atoms with Gasteiger partial charge < -0.3 is 32.3 Å². The summed E-state index contributed by atoms with van der Waals surface area (Å²) in [6.07, 6.45) is 39.9. The Morgan fingerprint density at radius 1 is 0.364 bits per heavy atom. The molecule has 0 unspecified atom stereocenters. The lowest BCUT2D eigenvalue weighted by molar-refractivity contribution is 0.163. The predicted molar refractivity (Wildman–Crippen MR) is 557 cm³/mol. The van der Waals surface area contributed by atoms with E-state index < -0.39 is 40.6 Å². The van der Waals surface area contributed by atoms with E-state index in [4.69, 9.17) is 21.1 Å². The number of sulfone groups is 3. The van der Waals surface area contributed by atoms with Crippen molar-refractivity contribution in [2.24, 2.45) is 11.8 Å². The molecule has 0 bridgehead atoms. The van der Waals surface area contributed by atoms with Crippen molar-refractivity contribution in [3.63, 3.8) is 0 Å². The van der Waals surface area contributed by atoms with Gasteiger partial charge in [-0.2, -0.15) is 25.5 Å². The van der Waals surface area contributed by atoms with Crippen LogP contribution in [-0.2, 0) is 62.2 Å². The van der Waals surface area contributed by atoms with E-state index in [2.05, 4.69) is 77.0 Å². The van der Waals surface area contributed by atoms with Crippen LogP contribution in [0.3, 0.4) is 0 Å². The molecule has 3 aliphatic carbocycles. The molecule has 18 rings (SSSR count). The molecule has 0 N–H and O–H groups in total. The molecule has 3 saturated carbocycles. The highest BCUT2D eigenvalue weighted by molar-refractivity contribution is 7.92. The van der Waals surface area contributed by atoms with E-state index in [0.717, 1.165) is 142 Å². The number of ether oxygens (including phenoxy) is 2. The van der Waals surface area contributed by atoms with Crippen LogP contribution in [0.25, 0.3) is 84.1 Å². The highest BCUT2D eigenvalue weighted by Gasteiger charge is 2.37. The summed E-state index contributed by atoms with van der Waals surface area (Å²) in [6, 6.07) is 40.2. The number of hydrogen-bond donors (Lipinski definition) is 0. The van der Waals surface area contributed by atoms with Gasteiger partial charge in [-0.15, -0.1) is 0 Å². The van der Waals surface area contributed by atoms with Crippen LogP contribution in [0.5, 0.6) is 11.8 Å². The molecule has 3 aromatic carbocycles. The normalized spacial score (nSPS) is 13.7. The zero-order valence-electron chi connectivity index (χ0n) is 83.1. The van der Waals surface area contributed by atoms with Crippen molar-refractivity contribution in [1.29, 1.82) is 0 Å². The van der Waals surface area contributed by atoms with Crippen LogP contribution in [0.4, 0.5) is 4.39 Å². The number of nitrogens with zero attached hydrogens (tertiary/aromatic N) is 17. The molecule has 2 atom stereocenters. The summed E-state index contributed by atoms with van der Waals surface area (Å²) in [5, 5.41) is 21.4. The van der Waals surface area contributed by atoms with Gasteiger partial charge in [0.2, 0.25) is 11.8 Å². The predicted octanol–water partition coefficient (Wildman–Crippen LogP) is 20.0. The van der Waals surface area contributed by atoms with E-state index in [1.54, 1.807) is 162 Å². The SMILES string of the molecule is CCCn1cc(-n2cc(-c3ccc(O[C@@H](C)C4CC4)nc3C)cn2)ccc1=O.CCCn1cc(-n2cc(-c3ccc(O[C@H](C)C(C)C)nc3C)cn2)ccc1=O.CCCn1cc(-n2cc(-c3ccc(S(=O)(=O)C(CC)CC)cc3F)cn2)ccc1=O.CCCn1cc(-n2cc(-c3ccc(S(=O)(=O)C4CC4)cc3)cn2)ccc1=O.CCCn1cc(-n2cc(-c3ccc(S(=O)(=O)C4CCCC4)cc3Cl)cn2)ccc1=O. The largest absolute Gasteiger partial charge is 0.474 e. The van der Waals surface area contributed by atoms with Crippen LogP contribution >= 0.6 is 11.6 Å². The first-order valence-electron chi connectivity index (χ1n) is 49.1. The summed E-state index contributed by atoms with van der Waals surface area (Å²) < 4.78 is 119. The molecule has 12 aromatic heterocycles. The summed E-state index contributed by atoms with van der Waals surface area (Å²) >= 11 is 6.47. The van der Waals surface area contributed by atoms with Crippen molar-refractivity contribution >= 4 is 41.1 Å². The Bertz CT molecular complexity index is 7330. The van der Waals surface area contributed by atoms with Gasteiger partial charge in [-0.25, -0.2) is 63.0 Å². The Balaban J connectivity index is 0.000000142. The molecule has 143 heavy (non-hydrogen) atoms. The van der Waals surface area contributed by atoms with Gasteiger partial charge in [0.15, 0.2) is 29.5 Å². The zero-order chi connectivity index (χ0) is 102. The minimum Gasteiger partial charge on any atom is -0.474 e. The Labute approximate surface area is 838 Å². The molecule has 0 amide bonds. The van der Waals surface area contributed by atoms with E-state index in [1.165, 1.54) is 43.3 Å². The number of hydrogen-bond acceptors (Lipinski definition) is 20. The first-order chi connectivity index (χ1) is 68.6. The molecule has 0 aliphatic heterocycles. The molecule has 3 fully saturated rings. The molecule has 12 heterocycles. The van der Waals surface area contributed by atoms with Crippen LogP contribution in [0.15, 0.2) is 277 Å². The third kappa shape index (κ3) is 25.7. The molecule has 0 radical (unpaired) electrons. The molecular formula is C108H125ClFN17O13S3. The minimum absolute atomic E-state index is 0.00326. The first kappa shape index (κ1) is 105. The molecule has 15 aromatic rings. The van der Waals surface area contributed by atoms with Gasteiger partial charge in [0, 0.05) is 204 Å². The second-order valence-electron chi connectivity index (χ2n) is 36.7. The topological polar surface area (TPSA) is 346 Å². The highest BCUT2D eigenvalue weighted by Crippen LogP contribution is 2.39. The van der Waals surface area contributed by atoms with Gasteiger partial charge in [0.05, 0.1) is 96.0 Å². The average molecular weight is 2020 g/mol. The zero-order valence-corrected chi connectivity index (χ0v) is 86.3. The van der Waals surface area contributed by atoms with Crippen molar-refractivity contribution in [3.05, 3.63) is 313 Å².